The number of benzene rings is 8. The van der Waals surface area contributed by atoms with Gasteiger partial charge < -0.3 is 13.7 Å². The second-order valence-corrected chi connectivity index (χ2v) is 14.0. The number of rotatable bonds is 4. The Hall–Kier alpha value is -7.86. The smallest absolute Gasteiger partial charge is 0.197 e. The van der Waals surface area contributed by atoms with E-state index in [2.05, 4.69) is 170 Å². The molecule has 11 rings (SSSR count). The van der Waals surface area contributed by atoms with E-state index in [9.17, 15) is 5.26 Å². The lowest BCUT2D eigenvalue weighted by molar-refractivity contribution is 1.15. The van der Waals surface area contributed by atoms with Gasteiger partial charge in [-0.3, -0.25) is 0 Å². The maximum Gasteiger partial charge on any atom is 0.197 e. The van der Waals surface area contributed by atoms with Crippen LogP contribution >= 0.6 is 0 Å². The zero-order valence-corrected chi connectivity index (χ0v) is 29.5. The number of para-hydroxylation sites is 4. The lowest BCUT2D eigenvalue weighted by Gasteiger charge is -2.14. The Labute approximate surface area is 316 Å². The second-order valence-electron chi connectivity index (χ2n) is 14.0. The van der Waals surface area contributed by atoms with Crippen LogP contribution in [0.4, 0.5) is 5.69 Å². The zero-order chi connectivity index (χ0) is 36.6. The van der Waals surface area contributed by atoms with Crippen molar-refractivity contribution in [2.75, 3.05) is 0 Å². The third-order valence-electron chi connectivity index (χ3n) is 11.1. The van der Waals surface area contributed by atoms with E-state index < -0.39 is 0 Å². The van der Waals surface area contributed by atoms with Gasteiger partial charge in [0.1, 0.15) is 6.07 Å². The zero-order valence-electron chi connectivity index (χ0n) is 29.5. The minimum atomic E-state index is 0.589. The highest BCUT2D eigenvalue weighted by atomic mass is 15.0. The first-order valence-corrected chi connectivity index (χ1v) is 18.3. The van der Waals surface area contributed by atoms with Crippen molar-refractivity contribution >= 4 is 71.1 Å². The molecule has 0 saturated carbocycles. The van der Waals surface area contributed by atoms with Crippen molar-refractivity contribution in [3.05, 3.63) is 193 Å². The fourth-order valence-electron chi connectivity index (χ4n) is 8.75. The third-order valence-corrected chi connectivity index (χ3v) is 11.1. The molecule has 55 heavy (non-hydrogen) atoms. The monoisotopic (exact) mass is 699 g/mol. The fraction of sp³-hybridized carbons (Fsp3) is 0. The molecule has 5 heteroatoms. The Morgan fingerprint density at radius 3 is 1.62 bits per heavy atom. The first-order valence-electron chi connectivity index (χ1n) is 18.3. The van der Waals surface area contributed by atoms with Crippen LogP contribution in [-0.4, -0.2) is 13.7 Å². The summed E-state index contributed by atoms with van der Waals surface area (Å²) >= 11 is 0. The highest BCUT2D eigenvalue weighted by Gasteiger charge is 2.19. The molecule has 0 unspecified atom stereocenters. The van der Waals surface area contributed by atoms with E-state index >= 15 is 0 Å². The first-order chi connectivity index (χ1) is 27.2. The van der Waals surface area contributed by atoms with Crippen molar-refractivity contribution in [2.24, 2.45) is 0 Å². The maximum absolute atomic E-state index is 10.8. The molecular weight excluding hydrogens is 671 g/mol. The molecule has 0 aliphatic carbocycles. The van der Waals surface area contributed by atoms with Crippen LogP contribution < -0.4 is 0 Å². The van der Waals surface area contributed by atoms with E-state index in [0.29, 0.717) is 11.3 Å². The standard InChI is InChI=1S/C50H29N5/c1-52-42-18-11-23-48-50(42)41-17-5-9-22-47(41)54(48)35-13-10-12-32(29-35)33-24-27-43(34(28-33)31-51)55-46-21-8-4-16-39(46)40-26-25-36(30-49(40)55)53-44-19-6-2-14-37(44)38-15-3-7-20-45(38)53/h2-30H. The molecule has 0 aliphatic heterocycles. The van der Waals surface area contributed by atoms with E-state index in [4.69, 9.17) is 6.57 Å². The van der Waals surface area contributed by atoms with Gasteiger partial charge in [0.25, 0.3) is 0 Å². The molecule has 254 valence electrons. The molecule has 5 nitrogen and oxygen atoms in total. The average molecular weight is 700 g/mol. The van der Waals surface area contributed by atoms with E-state index in [1.165, 1.54) is 10.8 Å². The summed E-state index contributed by atoms with van der Waals surface area (Å²) in [7, 11) is 0. The van der Waals surface area contributed by atoms with Crippen molar-refractivity contribution in [2.45, 2.75) is 0 Å². The summed E-state index contributed by atoms with van der Waals surface area (Å²) in [6.07, 6.45) is 0. The molecule has 0 atom stereocenters. The van der Waals surface area contributed by atoms with Gasteiger partial charge in [0.2, 0.25) is 0 Å². The van der Waals surface area contributed by atoms with Crippen LogP contribution in [0.25, 0.3) is 98.5 Å². The molecule has 3 heterocycles. The molecule has 0 spiro atoms. The normalized spacial score (nSPS) is 11.6. The van der Waals surface area contributed by atoms with Crippen LogP contribution in [0.15, 0.2) is 176 Å². The van der Waals surface area contributed by atoms with Crippen LogP contribution in [0.2, 0.25) is 0 Å². The van der Waals surface area contributed by atoms with Gasteiger partial charge >= 0.3 is 0 Å². The van der Waals surface area contributed by atoms with Gasteiger partial charge in [-0.25, -0.2) is 4.85 Å². The van der Waals surface area contributed by atoms with Gasteiger partial charge in [0.15, 0.2) is 5.69 Å². The predicted octanol–water partition coefficient (Wildman–Crippen LogP) is 13.1. The SMILES string of the molecule is [C-]#[N+]c1cccc2c1c1ccccc1n2-c1cccc(-c2ccc(-n3c4ccccc4c4ccc(-n5c6ccccc6c6ccccc65)cc43)c(C#N)c2)c1. The summed E-state index contributed by atoms with van der Waals surface area (Å²) in [5.74, 6) is 0. The largest absolute Gasteiger partial charge is 0.311 e. The highest BCUT2D eigenvalue weighted by Crippen LogP contribution is 2.40. The van der Waals surface area contributed by atoms with E-state index in [-0.39, 0.29) is 0 Å². The van der Waals surface area contributed by atoms with E-state index in [0.717, 1.165) is 82.8 Å². The molecule has 0 saturated heterocycles. The summed E-state index contributed by atoms with van der Waals surface area (Å²) in [5.41, 5.74) is 12.5. The quantitative estimate of drug-likeness (QED) is 0.169. The van der Waals surface area contributed by atoms with Crippen LogP contribution in [0.5, 0.6) is 0 Å². The molecule has 0 fully saturated rings. The van der Waals surface area contributed by atoms with Crippen LogP contribution in [0.3, 0.4) is 0 Å². The third kappa shape index (κ3) is 4.45. The van der Waals surface area contributed by atoms with Crippen LogP contribution in [-0.2, 0) is 0 Å². The summed E-state index contributed by atoms with van der Waals surface area (Å²) in [5, 5.41) is 17.5. The minimum absolute atomic E-state index is 0.589. The number of fused-ring (bicyclic) bond motifs is 9. The van der Waals surface area contributed by atoms with Crippen molar-refractivity contribution in [1.29, 1.82) is 5.26 Å². The molecule has 0 radical (unpaired) electrons. The molecule has 11 aromatic rings. The Balaban J connectivity index is 1.09. The summed E-state index contributed by atoms with van der Waals surface area (Å²) in [6, 6.07) is 63.6. The second kappa shape index (κ2) is 11.8. The van der Waals surface area contributed by atoms with Crippen molar-refractivity contribution in [3.63, 3.8) is 0 Å². The lowest BCUT2D eigenvalue weighted by atomic mass is 10.0. The number of nitriles is 1. The van der Waals surface area contributed by atoms with Crippen molar-refractivity contribution in [1.82, 2.24) is 13.7 Å². The summed E-state index contributed by atoms with van der Waals surface area (Å²) in [6.45, 7) is 7.85. The van der Waals surface area contributed by atoms with E-state index in [1.807, 2.05) is 30.3 Å². The molecule has 0 N–H and O–H groups in total. The molecule has 0 amide bonds. The number of hydrogen-bond donors (Lipinski definition) is 0. The Kier molecular flexibility index (Phi) is 6.61. The summed E-state index contributed by atoms with van der Waals surface area (Å²) < 4.78 is 6.82. The highest BCUT2D eigenvalue weighted by molar-refractivity contribution is 6.15. The molecular formula is C50H29N5. The fourth-order valence-corrected chi connectivity index (χ4v) is 8.75. The van der Waals surface area contributed by atoms with Gasteiger partial charge in [0.05, 0.1) is 45.4 Å². The van der Waals surface area contributed by atoms with Crippen molar-refractivity contribution in [3.8, 4) is 34.3 Å². The number of nitrogens with zero attached hydrogens (tertiary/aromatic N) is 5. The van der Waals surface area contributed by atoms with Gasteiger partial charge in [-0.2, -0.15) is 5.26 Å². The number of hydrogen-bond acceptors (Lipinski definition) is 1. The molecule has 0 bridgehead atoms. The minimum Gasteiger partial charge on any atom is -0.311 e. The van der Waals surface area contributed by atoms with Gasteiger partial charge in [0, 0.05) is 43.8 Å². The lowest BCUT2D eigenvalue weighted by Crippen LogP contribution is -2.00. The van der Waals surface area contributed by atoms with Gasteiger partial charge in [-0.15, -0.1) is 0 Å². The average Bonchev–Trinajstić information content (AvgIpc) is 3.89. The van der Waals surface area contributed by atoms with Crippen LogP contribution in [0, 0.1) is 17.9 Å². The molecule has 3 aromatic heterocycles. The Morgan fingerprint density at radius 1 is 0.418 bits per heavy atom. The van der Waals surface area contributed by atoms with Gasteiger partial charge in [-0.05, 0) is 83.2 Å². The maximum atomic E-state index is 10.8. The van der Waals surface area contributed by atoms with Crippen LogP contribution in [0.1, 0.15) is 5.56 Å². The first kappa shape index (κ1) is 30.7. The Morgan fingerprint density at radius 2 is 0.945 bits per heavy atom. The van der Waals surface area contributed by atoms with Gasteiger partial charge in [-0.1, -0.05) is 109 Å². The van der Waals surface area contributed by atoms with Crippen molar-refractivity contribution < 1.29 is 0 Å². The topological polar surface area (TPSA) is 42.9 Å². The summed E-state index contributed by atoms with van der Waals surface area (Å²) in [4.78, 5) is 3.85. The predicted molar refractivity (Wildman–Crippen MR) is 226 cm³/mol. The van der Waals surface area contributed by atoms with E-state index in [1.54, 1.807) is 0 Å². The number of aromatic nitrogens is 3. The molecule has 8 aromatic carbocycles. The molecule has 0 aliphatic rings. The Bertz CT molecular complexity index is 3420.